The van der Waals surface area contributed by atoms with Crippen LogP contribution >= 0.6 is 0 Å². The summed E-state index contributed by atoms with van der Waals surface area (Å²) in [5.74, 6) is -2.61. The van der Waals surface area contributed by atoms with Crippen molar-refractivity contribution < 1.29 is 32.3 Å². The number of amides is 4. The predicted octanol–water partition coefficient (Wildman–Crippen LogP) is 0.499. The number of carbonyl (C=O) groups excluding carboxylic acids is 4. The van der Waals surface area contributed by atoms with E-state index in [9.17, 15) is 32.3 Å². The second-order valence-electron chi connectivity index (χ2n) is 9.91. The third-order valence-corrected chi connectivity index (χ3v) is 6.55. The first-order valence-electron chi connectivity index (χ1n) is 13.7. The first-order chi connectivity index (χ1) is 20.9. The average Bonchev–Trinajstić information content (AvgIpc) is 2.99. The van der Waals surface area contributed by atoms with Crippen molar-refractivity contribution in [3.05, 3.63) is 71.9 Å². The molecule has 3 aromatic rings. The van der Waals surface area contributed by atoms with Gasteiger partial charge < -0.3 is 38.1 Å². The van der Waals surface area contributed by atoms with Gasteiger partial charge in [-0.1, -0.05) is 18.2 Å². The molecule has 1 heterocycles. The van der Waals surface area contributed by atoms with Gasteiger partial charge >= 0.3 is 6.18 Å². The van der Waals surface area contributed by atoms with E-state index in [1.54, 1.807) is 36.5 Å². The molecular formula is C29H35F3N8O4. The Labute approximate surface area is 251 Å². The number of carbonyl (C=O) groups is 4. The highest BCUT2D eigenvalue weighted by Gasteiger charge is 2.30. The van der Waals surface area contributed by atoms with Crippen LogP contribution in [0.4, 0.5) is 18.9 Å². The van der Waals surface area contributed by atoms with E-state index in [0.29, 0.717) is 16.8 Å². The smallest absolute Gasteiger partial charge is 0.346 e. The number of aromatic nitrogens is 1. The van der Waals surface area contributed by atoms with Gasteiger partial charge in [0.1, 0.15) is 6.04 Å². The Morgan fingerprint density at radius 3 is 2.25 bits per heavy atom. The topological polar surface area (TPSA) is 199 Å². The van der Waals surface area contributed by atoms with E-state index in [1.807, 2.05) is 0 Å². The molecule has 0 radical (unpaired) electrons. The third-order valence-electron chi connectivity index (χ3n) is 6.55. The van der Waals surface area contributed by atoms with E-state index < -0.39 is 54.0 Å². The Hall–Kier alpha value is -4.60. The summed E-state index contributed by atoms with van der Waals surface area (Å²) >= 11 is 0. The molecule has 4 amide bonds. The lowest BCUT2D eigenvalue weighted by atomic mass is 10.0. The number of halogens is 3. The maximum Gasteiger partial charge on any atom is 0.416 e. The van der Waals surface area contributed by atoms with Crippen LogP contribution in [0.5, 0.6) is 0 Å². The molecule has 0 bridgehead atoms. The third kappa shape index (κ3) is 10.00. The van der Waals surface area contributed by atoms with E-state index in [-0.39, 0.29) is 39.0 Å². The number of rotatable bonds is 14. The quantitative estimate of drug-likeness (QED) is 0.150. The highest BCUT2D eigenvalue weighted by molar-refractivity contribution is 5.99. The highest BCUT2D eigenvalue weighted by Crippen LogP contribution is 2.29. The Kier molecular flexibility index (Phi) is 12.1. The molecule has 2 atom stereocenters. The Balaban J connectivity index is 1.67. The summed E-state index contributed by atoms with van der Waals surface area (Å²) in [6.07, 6.45) is -3.40. The summed E-state index contributed by atoms with van der Waals surface area (Å²) in [5.41, 5.74) is 17.5. The normalized spacial score (nSPS) is 12.7. The molecule has 0 saturated carbocycles. The fourth-order valence-electron chi connectivity index (χ4n) is 4.28. The SMILES string of the molecule is NCCN(CCN)C(=O)C[C@H](N)C(=O)NCC(=O)N[C@@H](Cc1ccc(C(F)(F)F)cc1)C(=O)Nc1ccc2ncccc2c1. The predicted molar refractivity (Wildman–Crippen MR) is 158 cm³/mol. The van der Waals surface area contributed by atoms with Gasteiger partial charge in [-0.3, -0.25) is 24.2 Å². The number of hydrogen-bond donors (Lipinski definition) is 6. The summed E-state index contributed by atoms with van der Waals surface area (Å²) in [5, 5.41) is 8.30. The summed E-state index contributed by atoms with van der Waals surface area (Å²) in [6.45, 7) is 0.310. The fourth-order valence-corrected chi connectivity index (χ4v) is 4.28. The molecule has 0 unspecified atom stereocenters. The molecular weight excluding hydrogens is 581 g/mol. The van der Waals surface area contributed by atoms with E-state index in [0.717, 1.165) is 17.5 Å². The number of hydrogen-bond acceptors (Lipinski definition) is 8. The second kappa shape index (κ2) is 15.7. The molecule has 0 aliphatic heterocycles. The van der Waals surface area contributed by atoms with E-state index >= 15 is 0 Å². The zero-order valence-electron chi connectivity index (χ0n) is 23.8. The van der Waals surface area contributed by atoms with Gasteiger partial charge in [0.15, 0.2) is 0 Å². The lowest BCUT2D eigenvalue weighted by molar-refractivity contribution is -0.137. The number of alkyl halides is 3. The number of fused-ring (bicyclic) bond motifs is 1. The van der Waals surface area contributed by atoms with Crippen molar-refractivity contribution in [3.63, 3.8) is 0 Å². The average molecular weight is 617 g/mol. The molecule has 3 rings (SSSR count). The Morgan fingerprint density at radius 1 is 0.932 bits per heavy atom. The van der Waals surface area contributed by atoms with Crippen LogP contribution in [0.25, 0.3) is 10.9 Å². The van der Waals surface area contributed by atoms with Crippen LogP contribution in [0.15, 0.2) is 60.8 Å². The van der Waals surface area contributed by atoms with Crippen LogP contribution in [-0.4, -0.2) is 78.3 Å². The molecule has 236 valence electrons. The van der Waals surface area contributed by atoms with Gasteiger partial charge in [0.2, 0.25) is 23.6 Å². The summed E-state index contributed by atoms with van der Waals surface area (Å²) in [6, 6.07) is 10.2. The van der Waals surface area contributed by atoms with Crippen molar-refractivity contribution in [1.29, 1.82) is 0 Å². The van der Waals surface area contributed by atoms with Crippen molar-refractivity contribution in [3.8, 4) is 0 Å². The standard InChI is InChI=1S/C29H35F3N8O4/c30-29(31,32)20-5-3-18(4-6-20)14-24(28(44)38-21-7-8-23-19(15-21)2-1-11-36-23)39-25(41)17-37-27(43)22(35)16-26(42)40(12-9-33)13-10-34/h1-8,11,15,22,24H,9-10,12-14,16-17,33-35H2,(H,37,43)(H,38,44)(H,39,41)/t22-,24-/m0/s1. The number of pyridine rings is 1. The molecule has 2 aromatic carbocycles. The summed E-state index contributed by atoms with van der Waals surface area (Å²) in [7, 11) is 0. The molecule has 0 aliphatic rings. The van der Waals surface area contributed by atoms with Gasteiger partial charge in [0.05, 0.1) is 30.1 Å². The van der Waals surface area contributed by atoms with Gasteiger partial charge in [-0.2, -0.15) is 13.2 Å². The van der Waals surface area contributed by atoms with Gasteiger partial charge in [-0.25, -0.2) is 0 Å². The number of nitrogens with one attached hydrogen (secondary N) is 3. The maximum atomic E-state index is 13.3. The fraction of sp³-hybridized carbons (Fsp3) is 0.345. The second-order valence-corrected chi connectivity index (χ2v) is 9.91. The molecule has 1 aromatic heterocycles. The summed E-state index contributed by atoms with van der Waals surface area (Å²) < 4.78 is 39.1. The zero-order valence-corrected chi connectivity index (χ0v) is 23.8. The Morgan fingerprint density at radius 2 is 1.61 bits per heavy atom. The van der Waals surface area contributed by atoms with E-state index in [2.05, 4.69) is 20.9 Å². The summed E-state index contributed by atoms with van der Waals surface area (Å²) in [4.78, 5) is 56.6. The minimum absolute atomic E-state index is 0.148. The zero-order chi connectivity index (χ0) is 32.3. The number of nitrogens with zero attached hydrogens (tertiary/aromatic N) is 2. The van der Waals surface area contributed by atoms with Crippen LogP contribution in [-0.2, 0) is 31.8 Å². The van der Waals surface area contributed by atoms with Crippen molar-refractivity contribution in [2.45, 2.75) is 31.1 Å². The molecule has 0 saturated heterocycles. The van der Waals surface area contributed by atoms with Gasteiger partial charge in [-0.15, -0.1) is 0 Å². The first-order valence-corrected chi connectivity index (χ1v) is 13.7. The minimum Gasteiger partial charge on any atom is -0.346 e. The molecule has 0 spiro atoms. The van der Waals surface area contributed by atoms with E-state index in [1.165, 1.54) is 17.0 Å². The molecule has 15 heteroatoms. The molecule has 12 nitrogen and oxygen atoms in total. The van der Waals surface area contributed by atoms with E-state index in [4.69, 9.17) is 17.2 Å². The van der Waals surface area contributed by atoms with Crippen molar-refractivity contribution in [2.24, 2.45) is 17.2 Å². The first kappa shape index (κ1) is 33.9. The Bertz CT molecular complexity index is 1450. The van der Waals surface area contributed by atoms with Crippen LogP contribution in [0.1, 0.15) is 17.5 Å². The maximum absolute atomic E-state index is 13.3. The van der Waals surface area contributed by atoms with Gasteiger partial charge in [-0.05, 0) is 42.0 Å². The largest absolute Gasteiger partial charge is 0.416 e. The van der Waals surface area contributed by atoms with Crippen LogP contribution in [0.3, 0.4) is 0 Å². The molecule has 44 heavy (non-hydrogen) atoms. The lowest BCUT2D eigenvalue weighted by Gasteiger charge is -2.23. The monoisotopic (exact) mass is 616 g/mol. The molecule has 9 N–H and O–H groups in total. The van der Waals surface area contributed by atoms with Crippen molar-refractivity contribution in [2.75, 3.05) is 38.0 Å². The number of benzene rings is 2. The molecule has 0 fully saturated rings. The number of anilines is 1. The van der Waals surface area contributed by atoms with Gasteiger partial charge in [0.25, 0.3) is 0 Å². The number of nitrogens with two attached hydrogens (primary N) is 3. The van der Waals surface area contributed by atoms with Crippen LogP contribution < -0.4 is 33.2 Å². The minimum atomic E-state index is -4.54. The lowest BCUT2D eigenvalue weighted by Crippen LogP contribution is -2.51. The highest BCUT2D eigenvalue weighted by atomic mass is 19.4. The van der Waals surface area contributed by atoms with Gasteiger partial charge in [0, 0.05) is 49.9 Å². The van der Waals surface area contributed by atoms with Crippen LogP contribution in [0.2, 0.25) is 0 Å². The van der Waals surface area contributed by atoms with Crippen molar-refractivity contribution >= 4 is 40.2 Å². The van der Waals surface area contributed by atoms with Crippen LogP contribution in [0, 0.1) is 0 Å². The molecule has 0 aliphatic carbocycles. The van der Waals surface area contributed by atoms with Crippen molar-refractivity contribution in [1.82, 2.24) is 20.5 Å².